The summed E-state index contributed by atoms with van der Waals surface area (Å²) in [4.78, 5) is 18.0. The SMILES string of the molecule is C=CCOc1c(C=Nn2c(-c3ccccc3)nc3ccccc3c2=O)cccc1OC. The van der Waals surface area contributed by atoms with Crippen LogP contribution < -0.4 is 15.0 Å². The fourth-order valence-electron chi connectivity index (χ4n) is 3.22. The predicted molar refractivity (Wildman–Crippen MR) is 123 cm³/mol. The molecule has 0 atom stereocenters. The van der Waals surface area contributed by atoms with Crippen molar-refractivity contribution in [3.63, 3.8) is 0 Å². The number of fused-ring (bicyclic) bond motifs is 1. The largest absolute Gasteiger partial charge is 0.493 e. The summed E-state index contributed by atoms with van der Waals surface area (Å²) >= 11 is 0. The van der Waals surface area contributed by atoms with Crippen LogP contribution in [0.4, 0.5) is 0 Å². The lowest BCUT2D eigenvalue weighted by molar-refractivity contribution is 0.326. The molecule has 4 aromatic rings. The zero-order chi connectivity index (χ0) is 21.6. The van der Waals surface area contributed by atoms with Crippen LogP contribution >= 0.6 is 0 Å². The molecule has 0 spiro atoms. The number of para-hydroxylation sites is 2. The zero-order valence-corrected chi connectivity index (χ0v) is 17.1. The molecule has 0 aliphatic rings. The first-order valence-corrected chi connectivity index (χ1v) is 9.75. The van der Waals surface area contributed by atoms with Gasteiger partial charge in [0, 0.05) is 11.1 Å². The average molecular weight is 411 g/mol. The van der Waals surface area contributed by atoms with E-state index in [4.69, 9.17) is 14.5 Å². The van der Waals surface area contributed by atoms with Gasteiger partial charge in [0.1, 0.15) is 6.61 Å². The summed E-state index contributed by atoms with van der Waals surface area (Å²) in [5.41, 5.74) is 1.82. The first-order chi connectivity index (χ1) is 15.2. The van der Waals surface area contributed by atoms with E-state index in [0.29, 0.717) is 40.4 Å². The fourth-order valence-corrected chi connectivity index (χ4v) is 3.22. The van der Waals surface area contributed by atoms with Gasteiger partial charge in [0.25, 0.3) is 5.56 Å². The van der Waals surface area contributed by atoms with E-state index in [0.717, 1.165) is 5.56 Å². The molecule has 0 amide bonds. The molecule has 0 aliphatic carbocycles. The summed E-state index contributed by atoms with van der Waals surface area (Å²) in [6, 6.07) is 22.2. The van der Waals surface area contributed by atoms with Crippen LogP contribution in [0, 0.1) is 0 Å². The van der Waals surface area contributed by atoms with Crippen molar-refractivity contribution in [1.82, 2.24) is 9.66 Å². The number of rotatable bonds is 7. The van der Waals surface area contributed by atoms with E-state index in [-0.39, 0.29) is 5.56 Å². The van der Waals surface area contributed by atoms with Gasteiger partial charge >= 0.3 is 0 Å². The second-order valence-electron chi connectivity index (χ2n) is 6.66. The van der Waals surface area contributed by atoms with Crippen molar-refractivity contribution in [1.29, 1.82) is 0 Å². The fraction of sp³-hybridized carbons (Fsp3) is 0.0800. The lowest BCUT2D eigenvalue weighted by atomic mass is 10.2. The lowest BCUT2D eigenvalue weighted by Crippen LogP contribution is -2.20. The number of benzene rings is 3. The number of nitrogens with zero attached hydrogens (tertiary/aromatic N) is 3. The van der Waals surface area contributed by atoms with Gasteiger partial charge in [-0.25, -0.2) is 4.98 Å². The van der Waals surface area contributed by atoms with Gasteiger partial charge in [-0.05, 0) is 24.3 Å². The topological polar surface area (TPSA) is 65.7 Å². The van der Waals surface area contributed by atoms with Gasteiger partial charge < -0.3 is 9.47 Å². The summed E-state index contributed by atoms with van der Waals surface area (Å²) in [7, 11) is 1.57. The van der Waals surface area contributed by atoms with Gasteiger partial charge in [-0.15, -0.1) is 0 Å². The monoisotopic (exact) mass is 411 g/mol. The number of methoxy groups -OCH3 is 1. The quantitative estimate of drug-likeness (QED) is 0.331. The van der Waals surface area contributed by atoms with Crippen molar-refractivity contribution in [3.8, 4) is 22.9 Å². The van der Waals surface area contributed by atoms with Gasteiger partial charge in [0.2, 0.25) is 0 Å². The molecule has 4 rings (SSSR count). The Labute approximate surface area is 179 Å². The molecule has 0 unspecified atom stereocenters. The Morgan fingerprint density at radius 3 is 2.58 bits per heavy atom. The van der Waals surface area contributed by atoms with Crippen LogP contribution in [0.3, 0.4) is 0 Å². The molecule has 0 fully saturated rings. The highest BCUT2D eigenvalue weighted by atomic mass is 16.5. The van der Waals surface area contributed by atoms with Crippen molar-refractivity contribution in [2.45, 2.75) is 0 Å². The normalized spacial score (nSPS) is 11.0. The average Bonchev–Trinajstić information content (AvgIpc) is 2.82. The van der Waals surface area contributed by atoms with Crippen LogP contribution in [-0.2, 0) is 0 Å². The second-order valence-corrected chi connectivity index (χ2v) is 6.66. The Morgan fingerprint density at radius 1 is 1.03 bits per heavy atom. The van der Waals surface area contributed by atoms with Crippen LogP contribution in [0.25, 0.3) is 22.3 Å². The van der Waals surface area contributed by atoms with Gasteiger partial charge in [0.05, 0.1) is 24.2 Å². The lowest BCUT2D eigenvalue weighted by Gasteiger charge is -2.12. The summed E-state index contributed by atoms with van der Waals surface area (Å²) < 4.78 is 12.5. The van der Waals surface area contributed by atoms with Crippen molar-refractivity contribution in [2.24, 2.45) is 5.10 Å². The smallest absolute Gasteiger partial charge is 0.282 e. The van der Waals surface area contributed by atoms with Gasteiger partial charge in [-0.1, -0.05) is 61.2 Å². The summed E-state index contributed by atoms with van der Waals surface area (Å²) in [5, 5.41) is 5.00. The number of aromatic nitrogens is 2. The van der Waals surface area contributed by atoms with E-state index in [1.165, 1.54) is 4.68 Å². The maximum atomic E-state index is 13.3. The molecule has 0 saturated heterocycles. The molecule has 1 aromatic heterocycles. The molecule has 6 heteroatoms. The van der Waals surface area contributed by atoms with Crippen LogP contribution in [0.15, 0.2) is 95.3 Å². The Morgan fingerprint density at radius 2 is 1.81 bits per heavy atom. The van der Waals surface area contributed by atoms with Crippen LogP contribution in [0.1, 0.15) is 5.56 Å². The highest BCUT2D eigenvalue weighted by molar-refractivity contribution is 5.86. The molecule has 0 saturated carbocycles. The number of hydrogen-bond donors (Lipinski definition) is 0. The first-order valence-electron chi connectivity index (χ1n) is 9.75. The molecule has 0 N–H and O–H groups in total. The van der Waals surface area contributed by atoms with E-state index in [9.17, 15) is 4.79 Å². The minimum atomic E-state index is -0.253. The molecular weight excluding hydrogens is 390 g/mol. The van der Waals surface area contributed by atoms with Crippen molar-refractivity contribution in [3.05, 3.63) is 101 Å². The Balaban J connectivity index is 1.89. The van der Waals surface area contributed by atoms with Gasteiger partial charge in [-0.2, -0.15) is 9.78 Å². The molecule has 0 aliphatic heterocycles. The third-order valence-corrected chi connectivity index (χ3v) is 4.67. The van der Waals surface area contributed by atoms with Crippen LogP contribution in [0.5, 0.6) is 11.5 Å². The second kappa shape index (κ2) is 9.09. The summed E-state index contributed by atoms with van der Waals surface area (Å²) in [6.07, 6.45) is 3.23. The Bertz CT molecular complexity index is 1310. The van der Waals surface area contributed by atoms with Crippen molar-refractivity contribution >= 4 is 17.1 Å². The highest BCUT2D eigenvalue weighted by Crippen LogP contribution is 2.30. The van der Waals surface area contributed by atoms with E-state index in [1.54, 1.807) is 31.5 Å². The Kier molecular flexibility index (Phi) is 5.89. The van der Waals surface area contributed by atoms with E-state index in [2.05, 4.69) is 11.7 Å². The summed E-state index contributed by atoms with van der Waals surface area (Å²) in [5.74, 6) is 1.55. The first kappa shape index (κ1) is 20.1. The molecule has 1 heterocycles. The highest BCUT2D eigenvalue weighted by Gasteiger charge is 2.13. The molecule has 6 nitrogen and oxygen atoms in total. The Hall–Kier alpha value is -4.19. The molecule has 3 aromatic carbocycles. The number of ether oxygens (including phenoxy) is 2. The van der Waals surface area contributed by atoms with Crippen molar-refractivity contribution in [2.75, 3.05) is 13.7 Å². The predicted octanol–water partition coefficient (Wildman–Crippen LogP) is 4.52. The maximum absolute atomic E-state index is 13.3. The van der Waals surface area contributed by atoms with Crippen molar-refractivity contribution < 1.29 is 9.47 Å². The van der Waals surface area contributed by atoms with Gasteiger partial charge in [-0.3, -0.25) is 4.79 Å². The molecule has 0 bridgehead atoms. The standard InChI is InChI=1S/C25H21N3O3/c1-3-16-31-23-19(12-9-15-22(23)30-2)17-26-28-24(18-10-5-4-6-11-18)27-21-14-8-7-13-20(21)25(28)29/h3-15,17H,1,16H2,2H3. The van der Waals surface area contributed by atoms with E-state index < -0.39 is 0 Å². The zero-order valence-electron chi connectivity index (χ0n) is 17.1. The van der Waals surface area contributed by atoms with E-state index in [1.807, 2.05) is 60.7 Å². The maximum Gasteiger partial charge on any atom is 0.282 e. The molecular formula is C25H21N3O3. The third kappa shape index (κ3) is 4.09. The third-order valence-electron chi connectivity index (χ3n) is 4.67. The summed E-state index contributed by atoms with van der Waals surface area (Å²) in [6.45, 7) is 4.00. The van der Waals surface area contributed by atoms with Crippen LogP contribution in [-0.4, -0.2) is 29.6 Å². The number of hydrogen-bond acceptors (Lipinski definition) is 5. The molecule has 0 radical (unpaired) electrons. The minimum absolute atomic E-state index is 0.253. The van der Waals surface area contributed by atoms with Gasteiger partial charge in [0.15, 0.2) is 17.3 Å². The molecule has 154 valence electrons. The van der Waals surface area contributed by atoms with Crippen LogP contribution in [0.2, 0.25) is 0 Å². The minimum Gasteiger partial charge on any atom is -0.493 e. The molecule has 31 heavy (non-hydrogen) atoms. The van der Waals surface area contributed by atoms with E-state index >= 15 is 0 Å².